The summed E-state index contributed by atoms with van der Waals surface area (Å²) in [6.45, 7) is 4.93. The molecule has 27 heavy (non-hydrogen) atoms. The Labute approximate surface area is 160 Å². The number of nitrogens with one attached hydrogen (secondary N) is 1. The first kappa shape index (κ1) is 17.8. The second-order valence-electron chi connectivity index (χ2n) is 7.63. The molecular formula is C23H26NO3+. The van der Waals surface area contributed by atoms with Crippen molar-refractivity contribution in [3.05, 3.63) is 64.4 Å². The molecule has 2 aromatic carbocycles. The number of ether oxygens (including phenoxy) is 1. The predicted octanol–water partition coefficient (Wildman–Crippen LogP) is 3.28. The van der Waals surface area contributed by atoms with Gasteiger partial charge < -0.3 is 14.7 Å². The lowest BCUT2D eigenvalue weighted by Gasteiger charge is -2.18. The van der Waals surface area contributed by atoms with Crippen LogP contribution in [-0.2, 0) is 6.54 Å². The molecule has 0 bridgehead atoms. The van der Waals surface area contributed by atoms with Gasteiger partial charge in [0.25, 0.3) is 0 Å². The van der Waals surface area contributed by atoms with E-state index in [1.807, 2.05) is 31.2 Å². The summed E-state index contributed by atoms with van der Waals surface area (Å²) >= 11 is 0. The minimum absolute atomic E-state index is 0.113. The van der Waals surface area contributed by atoms with Crippen LogP contribution in [0.2, 0.25) is 0 Å². The van der Waals surface area contributed by atoms with E-state index in [-0.39, 0.29) is 11.5 Å². The number of hydrogen-bond donors (Lipinski definition) is 2. The van der Waals surface area contributed by atoms with Crippen molar-refractivity contribution in [2.45, 2.75) is 39.2 Å². The van der Waals surface area contributed by atoms with Gasteiger partial charge in [-0.3, -0.25) is 4.79 Å². The molecule has 0 amide bonds. The number of fused-ring (bicyclic) bond motifs is 1. The largest absolute Gasteiger partial charge is 0.507 e. The van der Waals surface area contributed by atoms with Crippen LogP contribution in [-0.4, -0.2) is 24.0 Å². The molecule has 2 aliphatic heterocycles. The number of rotatable bonds is 3. The highest BCUT2D eigenvalue weighted by Gasteiger charge is 2.32. The van der Waals surface area contributed by atoms with Gasteiger partial charge in [-0.2, -0.15) is 0 Å². The van der Waals surface area contributed by atoms with Gasteiger partial charge in [0.2, 0.25) is 5.78 Å². The van der Waals surface area contributed by atoms with Crippen molar-refractivity contribution in [2.24, 2.45) is 0 Å². The number of ketones is 1. The quantitative estimate of drug-likeness (QED) is 0.822. The summed E-state index contributed by atoms with van der Waals surface area (Å²) in [5.74, 6) is 0.967. The van der Waals surface area contributed by atoms with Crippen molar-refractivity contribution < 1.29 is 19.5 Å². The zero-order chi connectivity index (χ0) is 18.8. The van der Waals surface area contributed by atoms with E-state index in [1.54, 1.807) is 18.2 Å². The first-order chi connectivity index (χ1) is 13.1. The van der Waals surface area contributed by atoms with E-state index >= 15 is 0 Å². The fourth-order valence-corrected chi connectivity index (χ4v) is 3.94. The molecule has 2 aliphatic rings. The fraction of sp³-hybridized carbons (Fsp3) is 0.348. The number of Topliss-reactive ketones (excluding diaryl/α,β-unsaturated/α-hetero) is 1. The Kier molecular flexibility index (Phi) is 4.99. The van der Waals surface area contributed by atoms with Crippen LogP contribution in [0.1, 0.15) is 52.7 Å². The lowest BCUT2D eigenvalue weighted by Crippen LogP contribution is -3.10. The number of hydrogen-bond acceptors (Lipinski definition) is 3. The Bertz CT molecular complexity index is 875. The Morgan fingerprint density at radius 3 is 2.44 bits per heavy atom. The van der Waals surface area contributed by atoms with E-state index < -0.39 is 0 Å². The number of quaternary nitrogens is 1. The molecule has 0 radical (unpaired) electrons. The van der Waals surface area contributed by atoms with Crippen molar-refractivity contribution >= 4 is 11.9 Å². The molecule has 1 saturated heterocycles. The van der Waals surface area contributed by atoms with E-state index in [4.69, 9.17) is 4.74 Å². The number of aryl methyl sites for hydroxylation is 1. The topological polar surface area (TPSA) is 51.0 Å². The summed E-state index contributed by atoms with van der Waals surface area (Å²) in [4.78, 5) is 14.2. The van der Waals surface area contributed by atoms with Crippen LogP contribution < -0.4 is 9.64 Å². The lowest BCUT2D eigenvalue weighted by molar-refractivity contribution is -0.913. The monoisotopic (exact) mass is 364 g/mol. The minimum atomic E-state index is -0.113. The molecule has 140 valence electrons. The number of likely N-dealkylation sites (tertiary alicyclic amines) is 1. The molecule has 2 heterocycles. The second kappa shape index (κ2) is 7.57. The number of phenolic OH excluding ortho intramolecular Hbond substituents is 1. The van der Waals surface area contributed by atoms with E-state index in [1.165, 1.54) is 36.1 Å². The van der Waals surface area contributed by atoms with Crippen molar-refractivity contribution in [3.8, 4) is 11.5 Å². The Morgan fingerprint density at radius 2 is 1.74 bits per heavy atom. The normalized spacial score (nSPS) is 19.0. The van der Waals surface area contributed by atoms with Gasteiger partial charge >= 0.3 is 0 Å². The maximum Gasteiger partial charge on any atom is 0.231 e. The highest BCUT2D eigenvalue weighted by Crippen LogP contribution is 2.39. The molecule has 2 aromatic rings. The first-order valence-corrected chi connectivity index (χ1v) is 9.81. The van der Waals surface area contributed by atoms with Crippen LogP contribution in [0.4, 0.5) is 0 Å². The average molecular weight is 364 g/mol. The zero-order valence-corrected chi connectivity index (χ0v) is 15.8. The van der Waals surface area contributed by atoms with Gasteiger partial charge in [-0.05, 0) is 56.4 Å². The van der Waals surface area contributed by atoms with E-state index in [0.29, 0.717) is 23.6 Å². The molecule has 0 saturated carbocycles. The van der Waals surface area contributed by atoms with Crippen LogP contribution >= 0.6 is 0 Å². The van der Waals surface area contributed by atoms with E-state index in [0.717, 1.165) is 24.2 Å². The summed E-state index contributed by atoms with van der Waals surface area (Å²) in [6, 6.07) is 11.3. The summed E-state index contributed by atoms with van der Waals surface area (Å²) in [5.41, 5.74) is 3.41. The maximum absolute atomic E-state index is 12.8. The highest BCUT2D eigenvalue weighted by atomic mass is 16.5. The van der Waals surface area contributed by atoms with Crippen molar-refractivity contribution in [2.75, 3.05) is 13.1 Å². The summed E-state index contributed by atoms with van der Waals surface area (Å²) < 4.78 is 5.98. The van der Waals surface area contributed by atoms with Gasteiger partial charge in [-0.15, -0.1) is 0 Å². The molecule has 0 unspecified atom stereocenters. The number of carbonyl (C=O) groups is 1. The SMILES string of the molecule is Cc1ccc(/C=C2\Oc3c(ccc(O)c3C[NH+]3CCCCCC3)C2=O)cc1. The van der Waals surface area contributed by atoms with E-state index in [2.05, 4.69) is 0 Å². The molecule has 4 nitrogen and oxygen atoms in total. The number of phenols is 1. The molecule has 2 N–H and O–H groups in total. The van der Waals surface area contributed by atoms with Gasteiger partial charge in [0.15, 0.2) is 11.5 Å². The molecule has 0 aromatic heterocycles. The van der Waals surface area contributed by atoms with Gasteiger partial charge in [0.1, 0.15) is 12.3 Å². The summed E-state index contributed by atoms with van der Waals surface area (Å²) in [5, 5.41) is 10.4. The average Bonchev–Trinajstić information content (AvgIpc) is 2.84. The molecule has 1 fully saturated rings. The third kappa shape index (κ3) is 3.76. The molecule has 4 rings (SSSR count). The molecule has 0 spiro atoms. The predicted molar refractivity (Wildman–Crippen MR) is 105 cm³/mol. The zero-order valence-electron chi connectivity index (χ0n) is 15.8. The summed E-state index contributed by atoms with van der Waals surface area (Å²) in [6.07, 6.45) is 6.76. The molecule has 4 heteroatoms. The number of carbonyl (C=O) groups excluding carboxylic acids is 1. The van der Waals surface area contributed by atoms with Crippen molar-refractivity contribution in [3.63, 3.8) is 0 Å². The molecule has 0 aliphatic carbocycles. The third-order valence-electron chi connectivity index (χ3n) is 5.53. The number of allylic oxidation sites excluding steroid dienone is 1. The Balaban J connectivity index is 1.63. The third-order valence-corrected chi connectivity index (χ3v) is 5.53. The van der Waals surface area contributed by atoms with Crippen LogP contribution in [0.3, 0.4) is 0 Å². The van der Waals surface area contributed by atoms with Crippen LogP contribution in [0.15, 0.2) is 42.2 Å². The van der Waals surface area contributed by atoms with Crippen molar-refractivity contribution in [1.29, 1.82) is 0 Å². The van der Waals surface area contributed by atoms with Crippen LogP contribution in [0, 0.1) is 6.92 Å². The summed E-state index contributed by atoms with van der Waals surface area (Å²) in [7, 11) is 0. The number of benzene rings is 2. The first-order valence-electron chi connectivity index (χ1n) is 9.81. The standard InChI is InChI=1S/C23H25NO3/c1-16-6-8-17(9-7-16)14-21-22(26)18-10-11-20(25)19(23(18)27-21)15-24-12-4-2-3-5-13-24/h6-11,14,25H,2-5,12-13,15H2,1H3/p+1/b21-14-. The fourth-order valence-electron chi connectivity index (χ4n) is 3.94. The van der Waals surface area contributed by atoms with Crippen molar-refractivity contribution in [1.82, 2.24) is 0 Å². The van der Waals surface area contributed by atoms with E-state index in [9.17, 15) is 9.90 Å². The number of aromatic hydroxyl groups is 1. The van der Waals surface area contributed by atoms with Gasteiger partial charge in [-0.25, -0.2) is 0 Å². The van der Waals surface area contributed by atoms with Gasteiger partial charge in [-0.1, -0.05) is 29.8 Å². The highest BCUT2D eigenvalue weighted by molar-refractivity contribution is 6.14. The smallest absolute Gasteiger partial charge is 0.231 e. The lowest BCUT2D eigenvalue weighted by atomic mass is 10.0. The minimum Gasteiger partial charge on any atom is -0.507 e. The Morgan fingerprint density at radius 1 is 1.04 bits per heavy atom. The second-order valence-corrected chi connectivity index (χ2v) is 7.63. The van der Waals surface area contributed by atoms with Gasteiger partial charge in [0, 0.05) is 0 Å². The Hall–Kier alpha value is -2.59. The molecule has 0 atom stereocenters. The van der Waals surface area contributed by atoms with Crippen LogP contribution in [0.5, 0.6) is 11.5 Å². The van der Waals surface area contributed by atoms with Crippen LogP contribution in [0.25, 0.3) is 6.08 Å². The maximum atomic E-state index is 12.8. The molecular weight excluding hydrogens is 338 g/mol. The van der Waals surface area contributed by atoms with Gasteiger partial charge in [0.05, 0.1) is 24.2 Å².